The predicted octanol–water partition coefficient (Wildman–Crippen LogP) is -1.45. The number of hydrogen-bond acceptors (Lipinski definition) is 3. The summed E-state index contributed by atoms with van der Waals surface area (Å²) in [6.45, 7) is 0. The molecule has 1 aromatic heterocycles. The first-order chi connectivity index (χ1) is 3.93. The van der Waals surface area contributed by atoms with Crippen molar-refractivity contribution in [3.8, 4) is 0 Å². The minimum atomic E-state index is 0. The number of aromatic nitrogens is 1. The van der Waals surface area contributed by atoms with E-state index in [1.165, 1.54) is 0 Å². The molecule has 9 heavy (non-hydrogen) atoms. The zero-order valence-corrected chi connectivity index (χ0v) is 12.6. The Kier molecular flexibility index (Phi) is 7.23. The molecule has 0 bridgehead atoms. The molecular formula is C5H6CsNOS. The van der Waals surface area contributed by atoms with Crippen LogP contribution in [0.5, 0.6) is 0 Å². The van der Waals surface area contributed by atoms with Gasteiger partial charge in [0.05, 0.1) is 0 Å². The summed E-state index contributed by atoms with van der Waals surface area (Å²) >= 11 is 1.60. The van der Waals surface area contributed by atoms with E-state index in [0.717, 1.165) is 5.76 Å². The maximum absolute atomic E-state index is 4.75. The largest absolute Gasteiger partial charge is 1.00 e. The van der Waals surface area contributed by atoms with Gasteiger partial charge in [-0.15, -0.1) is 17.0 Å². The van der Waals surface area contributed by atoms with Crippen molar-refractivity contribution in [3.05, 3.63) is 23.8 Å². The van der Waals surface area contributed by atoms with Gasteiger partial charge in [0.15, 0.2) is 0 Å². The molecule has 0 spiro atoms. The molecule has 0 saturated heterocycles. The van der Waals surface area contributed by atoms with Crippen LogP contribution in [-0.2, 0) is 0 Å². The fourth-order valence-electron chi connectivity index (χ4n) is 0.403. The molecule has 2 nitrogen and oxygen atoms in total. The fraction of sp³-hybridized carbons (Fsp3) is 0.200. The third-order valence-electron chi connectivity index (χ3n) is 0.692. The van der Waals surface area contributed by atoms with E-state index < -0.39 is 0 Å². The Labute approximate surface area is 118 Å². The topological polar surface area (TPSA) is 26.0 Å². The van der Waals surface area contributed by atoms with Gasteiger partial charge in [-0.3, -0.25) is 0 Å². The van der Waals surface area contributed by atoms with Crippen molar-refractivity contribution in [1.29, 1.82) is 0 Å². The van der Waals surface area contributed by atoms with E-state index in [-0.39, 0.29) is 68.9 Å². The summed E-state index contributed by atoms with van der Waals surface area (Å²) in [6.07, 6.45) is 3.60. The molecule has 0 unspecified atom stereocenters. The minimum Gasteiger partial charge on any atom is -0.396 e. The van der Waals surface area contributed by atoms with Gasteiger partial charge in [0.25, 0.3) is 0 Å². The maximum Gasteiger partial charge on any atom is 1.00 e. The summed E-state index contributed by atoms with van der Waals surface area (Å²) in [5.74, 6) is 2.71. The average Bonchev–Trinajstić information content (AvgIpc) is 2.19. The zero-order chi connectivity index (χ0) is 5.82. The average molecular weight is 261 g/mol. The Hall–Kier alpha value is 1.48. The summed E-state index contributed by atoms with van der Waals surface area (Å²) < 4.78 is 4.75. The Morgan fingerprint density at radius 1 is 1.78 bits per heavy atom. The summed E-state index contributed by atoms with van der Waals surface area (Å²) in [7, 11) is 0. The van der Waals surface area contributed by atoms with Crippen molar-refractivity contribution in [2.45, 2.75) is 0 Å². The first kappa shape index (κ1) is 10.5. The number of hydrogen-bond donors (Lipinski definition) is 0. The monoisotopic (exact) mass is 261 g/mol. The normalized spacial score (nSPS) is 8.11. The van der Waals surface area contributed by atoms with E-state index >= 15 is 0 Å². The molecule has 0 aliphatic carbocycles. The Morgan fingerprint density at radius 2 is 2.56 bits per heavy atom. The first-order valence-corrected chi connectivity index (χ1v) is 3.49. The van der Waals surface area contributed by atoms with Crippen LogP contribution >= 0.6 is 11.8 Å². The molecule has 0 N–H and O–H groups in total. The third-order valence-corrected chi connectivity index (χ3v) is 1.16. The Balaban J connectivity index is 0.000000640. The van der Waals surface area contributed by atoms with E-state index in [2.05, 4.69) is 5.16 Å². The van der Waals surface area contributed by atoms with Crippen LogP contribution in [0.15, 0.2) is 16.8 Å². The SMILES string of the molecule is CS[CH-]c1ccno1.[Cs+]. The third kappa shape index (κ3) is 4.03. The number of thioether (sulfide) groups is 1. The van der Waals surface area contributed by atoms with Crippen LogP contribution < -0.4 is 68.9 Å². The molecule has 1 aromatic rings. The molecule has 1 heterocycles. The van der Waals surface area contributed by atoms with E-state index in [9.17, 15) is 0 Å². The molecule has 0 aliphatic heterocycles. The second kappa shape index (κ2) is 6.21. The molecule has 4 heteroatoms. The van der Waals surface area contributed by atoms with Crippen LogP contribution in [0.2, 0.25) is 0 Å². The Morgan fingerprint density at radius 3 is 3.00 bits per heavy atom. The van der Waals surface area contributed by atoms with Crippen LogP contribution in [-0.4, -0.2) is 11.4 Å². The quantitative estimate of drug-likeness (QED) is 0.609. The van der Waals surface area contributed by atoms with Crippen LogP contribution in [0.25, 0.3) is 0 Å². The number of nitrogens with zero attached hydrogens (tertiary/aromatic N) is 1. The van der Waals surface area contributed by atoms with Crippen LogP contribution in [0, 0.1) is 5.75 Å². The molecule has 0 amide bonds. The molecule has 0 radical (unpaired) electrons. The Bertz CT molecular complexity index is 143. The molecule has 1 rings (SSSR count). The summed E-state index contributed by atoms with van der Waals surface area (Å²) in [5, 5.41) is 3.52. The van der Waals surface area contributed by atoms with Crippen LogP contribution in [0.4, 0.5) is 0 Å². The fourth-order valence-corrected chi connectivity index (χ4v) is 0.756. The molecule has 0 atom stereocenters. The minimum absolute atomic E-state index is 0. The van der Waals surface area contributed by atoms with Gasteiger partial charge in [0, 0.05) is 5.76 Å². The van der Waals surface area contributed by atoms with Crippen molar-refractivity contribution in [2.75, 3.05) is 6.26 Å². The molecule has 0 aliphatic rings. The second-order valence-electron chi connectivity index (χ2n) is 1.27. The van der Waals surface area contributed by atoms with Gasteiger partial charge >= 0.3 is 68.9 Å². The van der Waals surface area contributed by atoms with Crippen molar-refractivity contribution < 1.29 is 73.4 Å². The summed E-state index contributed by atoms with van der Waals surface area (Å²) in [5.41, 5.74) is 0. The molecule has 44 valence electrons. The van der Waals surface area contributed by atoms with Crippen LogP contribution in [0.1, 0.15) is 5.76 Å². The second-order valence-corrected chi connectivity index (χ2v) is 1.98. The van der Waals surface area contributed by atoms with Gasteiger partial charge in [-0.25, -0.2) is 11.8 Å². The van der Waals surface area contributed by atoms with Crippen molar-refractivity contribution in [2.24, 2.45) is 0 Å². The predicted molar refractivity (Wildman–Crippen MR) is 33.4 cm³/mol. The summed E-state index contributed by atoms with van der Waals surface area (Å²) in [6, 6.07) is 1.82. The van der Waals surface area contributed by atoms with E-state index in [0.29, 0.717) is 0 Å². The number of rotatable bonds is 2. The van der Waals surface area contributed by atoms with Gasteiger partial charge < -0.3 is 4.52 Å². The molecule has 0 fully saturated rings. The molecule has 0 aromatic carbocycles. The molecular weight excluding hydrogens is 255 g/mol. The molecule has 0 saturated carbocycles. The van der Waals surface area contributed by atoms with Gasteiger partial charge in [-0.05, 0) is 12.5 Å². The maximum atomic E-state index is 4.75. The van der Waals surface area contributed by atoms with Gasteiger partial charge in [-0.1, -0.05) is 0 Å². The standard InChI is InChI=1S/C5H6NOS.Cs/c1-8-4-5-2-3-6-7-5;/h2-4H,1H3;/q-1;+1. The van der Waals surface area contributed by atoms with E-state index in [4.69, 9.17) is 4.52 Å². The zero-order valence-electron chi connectivity index (χ0n) is 5.50. The van der Waals surface area contributed by atoms with Crippen LogP contribution in [0.3, 0.4) is 0 Å². The van der Waals surface area contributed by atoms with Crippen molar-refractivity contribution >= 4 is 11.8 Å². The van der Waals surface area contributed by atoms with Crippen molar-refractivity contribution in [3.63, 3.8) is 0 Å². The smallest absolute Gasteiger partial charge is 0.396 e. The van der Waals surface area contributed by atoms with Gasteiger partial charge in [0.2, 0.25) is 0 Å². The van der Waals surface area contributed by atoms with Gasteiger partial charge in [0.1, 0.15) is 0 Å². The summed E-state index contributed by atoms with van der Waals surface area (Å²) in [4.78, 5) is 0. The van der Waals surface area contributed by atoms with Gasteiger partial charge in [-0.2, -0.15) is 0 Å². The van der Waals surface area contributed by atoms with E-state index in [1.54, 1.807) is 18.0 Å². The van der Waals surface area contributed by atoms with E-state index in [1.807, 2.05) is 18.1 Å². The first-order valence-electron chi connectivity index (χ1n) is 2.20. The van der Waals surface area contributed by atoms with Crippen molar-refractivity contribution in [1.82, 2.24) is 5.16 Å².